The summed E-state index contributed by atoms with van der Waals surface area (Å²) in [6, 6.07) is 5.22. The maximum atomic E-state index is 11.8. The third kappa shape index (κ3) is 2.61. The minimum Gasteiger partial charge on any atom is -0.454 e. The molecule has 0 bridgehead atoms. The van der Waals surface area contributed by atoms with Gasteiger partial charge in [-0.1, -0.05) is 6.07 Å². The summed E-state index contributed by atoms with van der Waals surface area (Å²) in [6.07, 6.45) is 0. The fourth-order valence-electron chi connectivity index (χ4n) is 1.82. The van der Waals surface area contributed by atoms with Gasteiger partial charge < -0.3 is 14.8 Å². The molecule has 3 rings (SSSR count). The van der Waals surface area contributed by atoms with Crippen LogP contribution in [0.15, 0.2) is 27.8 Å². The fraction of sp³-hybridized carbons (Fsp3) is 0.167. The van der Waals surface area contributed by atoms with Crippen LogP contribution in [0, 0.1) is 0 Å². The number of ether oxygens (including phenoxy) is 2. The molecule has 0 saturated carbocycles. The molecule has 1 aliphatic heterocycles. The zero-order valence-electron chi connectivity index (χ0n) is 10.6. The fourth-order valence-corrected chi connectivity index (χ4v) is 1.82. The standard InChI is InChI=1S/C12H10N4O5/c17-10(9-11(18)14-12(19)16-15-9)13-4-6-1-2-7-8(3-6)21-5-20-7/h1-3H,4-5H2,(H,13,17)(H2,14,16,18,19). The second-order valence-electron chi connectivity index (χ2n) is 4.23. The zero-order valence-corrected chi connectivity index (χ0v) is 10.6. The zero-order chi connectivity index (χ0) is 14.8. The van der Waals surface area contributed by atoms with E-state index in [0.29, 0.717) is 11.5 Å². The quantitative estimate of drug-likeness (QED) is 0.673. The number of carbonyl (C=O) groups is 1. The third-order valence-electron chi connectivity index (χ3n) is 2.82. The molecule has 1 amide bonds. The van der Waals surface area contributed by atoms with Gasteiger partial charge in [0.1, 0.15) is 0 Å². The number of hydrogen-bond donors (Lipinski definition) is 3. The van der Waals surface area contributed by atoms with E-state index < -0.39 is 22.9 Å². The van der Waals surface area contributed by atoms with Crippen molar-refractivity contribution in [3.8, 4) is 11.5 Å². The van der Waals surface area contributed by atoms with Crippen LogP contribution in [0.5, 0.6) is 11.5 Å². The minimum atomic E-state index is -0.845. The van der Waals surface area contributed by atoms with Crippen LogP contribution in [-0.2, 0) is 6.54 Å². The van der Waals surface area contributed by atoms with Gasteiger partial charge in [-0.05, 0) is 17.7 Å². The molecule has 0 radical (unpaired) electrons. The second kappa shape index (κ2) is 5.12. The third-order valence-corrected chi connectivity index (χ3v) is 2.82. The van der Waals surface area contributed by atoms with E-state index in [0.717, 1.165) is 5.56 Å². The number of aromatic amines is 2. The number of nitrogens with one attached hydrogen (secondary N) is 3. The molecule has 21 heavy (non-hydrogen) atoms. The first-order valence-corrected chi connectivity index (χ1v) is 5.99. The Kier molecular flexibility index (Phi) is 3.14. The van der Waals surface area contributed by atoms with E-state index in [1.54, 1.807) is 18.2 Å². The summed E-state index contributed by atoms with van der Waals surface area (Å²) in [7, 11) is 0. The first-order chi connectivity index (χ1) is 10.1. The highest BCUT2D eigenvalue weighted by Gasteiger charge is 2.15. The monoisotopic (exact) mass is 290 g/mol. The highest BCUT2D eigenvalue weighted by atomic mass is 16.7. The molecule has 0 aliphatic carbocycles. The maximum absolute atomic E-state index is 11.8. The molecular weight excluding hydrogens is 280 g/mol. The van der Waals surface area contributed by atoms with E-state index >= 15 is 0 Å². The van der Waals surface area contributed by atoms with Crippen molar-refractivity contribution >= 4 is 5.91 Å². The molecule has 0 unspecified atom stereocenters. The van der Waals surface area contributed by atoms with Crippen LogP contribution in [0.1, 0.15) is 16.1 Å². The van der Waals surface area contributed by atoms with Crippen LogP contribution < -0.4 is 26.0 Å². The maximum Gasteiger partial charge on any atom is 0.342 e. The van der Waals surface area contributed by atoms with E-state index in [2.05, 4.69) is 10.4 Å². The number of aromatic nitrogens is 3. The molecule has 2 aromatic rings. The molecule has 9 nitrogen and oxygen atoms in total. The van der Waals surface area contributed by atoms with E-state index in [4.69, 9.17) is 9.47 Å². The summed E-state index contributed by atoms with van der Waals surface area (Å²) in [5.74, 6) is 0.552. The van der Waals surface area contributed by atoms with E-state index in [9.17, 15) is 14.4 Å². The van der Waals surface area contributed by atoms with Crippen molar-refractivity contribution in [1.82, 2.24) is 20.5 Å². The number of amides is 1. The Bertz CT molecular complexity index is 810. The Morgan fingerprint density at radius 3 is 2.90 bits per heavy atom. The number of hydrogen-bond acceptors (Lipinski definition) is 6. The highest BCUT2D eigenvalue weighted by Crippen LogP contribution is 2.32. The van der Waals surface area contributed by atoms with Gasteiger partial charge in [-0.3, -0.25) is 14.6 Å². The highest BCUT2D eigenvalue weighted by molar-refractivity contribution is 5.91. The predicted octanol–water partition coefficient (Wildman–Crippen LogP) is -0.883. The van der Waals surface area contributed by atoms with E-state index in [-0.39, 0.29) is 13.3 Å². The van der Waals surface area contributed by atoms with Gasteiger partial charge in [0.05, 0.1) is 0 Å². The average molecular weight is 290 g/mol. The topological polar surface area (TPSA) is 126 Å². The largest absolute Gasteiger partial charge is 0.454 e. The van der Waals surface area contributed by atoms with Crippen LogP contribution in [0.25, 0.3) is 0 Å². The lowest BCUT2D eigenvalue weighted by Crippen LogP contribution is -2.35. The molecule has 0 atom stereocenters. The van der Waals surface area contributed by atoms with E-state index in [1.165, 1.54) is 0 Å². The lowest BCUT2D eigenvalue weighted by atomic mass is 10.2. The van der Waals surface area contributed by atoms with Gasteiger partial charge >= 0.3 is 5.69 Å². The van der Waals surface area contributed by atoms with Crippen LogP contribution in [0.4, 0.5) is 0 Å². The number of H-pyrrole nitrogens is 2. The molecule has 0 saturated heterocycles. The Balaban J connectivity index is 1.71. The summed E-state index contributed by atoms with van der Waals surface area (Å²) in [5, 5.41) is 7.93. The summed E-state index contributed by atoms with van der Waals surface area (Å²) in [4.78, 5) is 36.0. The summed E-state index contributed by atoms with van der Waals surface area (Å²) in [6.45, 7) is 0.345. The predicted molar refractivity (Wildman–Crippen MR) is 69.2 cm³/mol. The molecule has 108 valence electrons. The Morgan fingerprint density at radius 1 is 1.29 bits per heavy atom. The number of rotatable bonds is 3. The van der Waals surface area contributed by atoms with Crippen molar-refractivity contribution in [2.45, 2.75) is 6.54 Å². The van der Waals surface area contributed by atoms with Crippen molar-refractivity contribution < 1.29 is 14.3 Å². The van der Waals surface area contributed by atoms with Crippen molar-refractivity contribution in [2.75, 3.05) is 6.79 Å². The van der Waals surface area contributed by atoms with Gasteiger partial charge in [-0.2, -0.15) is 5.10 Å². The van der Waals surface area contributed by atoms with Crippen LogP contribution in [0.3, 0.4) is 0 Å². The Morgan fingerprint density at radius 2 is 2.10 bits per heavy atom. The van der Waals surface area contributed by atoms with Gasteiger partial charge in [0.25, 0.3) is 11.5 Å². The second-order valence-corrected chi connectivity index (χ2v) is 4.23. The SMILES string of the molecule is O=C(NCc1ccc2c(c1)OCO2)c1n[nH]c(=O)[nH]c1=O. The normalized spacial score (nSPS) is 12.2. The molecule has 1 aromatic heterocycles. The van der Waals surface area contributed by atoms with Gasteiger partial charge in [0.2, 0.25) is 12.5 Å². The van der Waals surface area contributed by atoms with Crippen molar-refractivity contribution in [2.24, 2.45) is 0 Å². The molecule has 1 aromatic carbocycles. The van der Waals surface area contributed by atoms with Crippen LogP contribution in [-0.4, -0.2) is 27.9 Å². The Labute approximate surface area is 116 Å². The van der Waals surface area contributed by atoms with Gasteiger partial charge in [-0.15, -0.1) is 0 Å². The van der Waals surface area contributed by atoms with Gasteiger partial charge in [-0.25, -0.2) is 9.89 Å². The molecule has 2 heterocycles. The molecular formula is C12H10N4O5. The summed E-state index contributed by atoms with van der Waals surface area (Å²) >= 11 is 0. The van der Waals surface area contributed by atoms with Crippen molar-refractivity contribution in [3.63, 3.8) is 0 Å². The first kappa shape index (κ1) is 12.9. The molecule has 0 fully saturated rings. The molecule has 9 heteroatoms. The summed E-state index contributed by atoms with van der Waals surface area (Å²) in [5.41, 5.74) is -1.25. The number of fused-ring (bicyclic) bond motifs is 1. The number of carbonyl (C=O) groups excluding carboxylic acids is 1. The summed E-state index contributed by atoms with van der Waals surface area (Å²) < 4.78 is 10.4. The first-order valence-electron chi connectivity index (χ1n) is 5.99. The molecule has 3 N–H and O–H groups in total. The molecule has 0 spiro atoms. The van der Waals surface area contributed by atoms with Crippen molar-refractivity contribution in [3.05, 3.63) is 50.3 Å². The van der Waals surface area contributed by atoms with E-state index in [1.807, 2.05) is 10.1 Å². The number of benzene rings is 1. The smallest absolute Gasteiger partial charge is 0.342 e. The number of nitrogens with zero attached hydrogens (tertiary/aromatic N) is 1. The van der Waals surface area contributed by atoms with Crippen molar-refractivity contribution in [1.29, 1.82) is 0 Å². The van der Waals surface area contributed by atoms with Gasteiger partial charge in [0, 0.05) is 6.54 Å². The lowest BCUT2D eigenvalue weighted by molar-refractivity contribution is 0.0942. The van der Waals surface area contributed by atoms with Crippen LogP contribution in [0.2, 0.25) is 0 Å². The average Bonchev–Trinajstić information content (AvgIpc) is 2.92. The minimum absolute atomic E-state index is 0.168. The van der Waals surface area contributed by atoms with Crippen LogP contribution >= 0.6 is 0 Å². The molecule has 1 aliphatic rings. The van der Waals surface area contributed by atoms with Gasteiger partial charge in [0.15, 0.2) is 11.5 Å². The lowest BCUT2D eigenvalue weighted by Gasteiger charge is -2.05. The Hall–Kier alpha value is -3.10.